The van der Waals surface area contributed by atoms with Crippen LogP contribution in [-0.4, -0.2) is 51.3 Å². The predicted molar refractivity (Wildman–Crippen MR) is 85.2 cm³/mol. The van der Waals surface area contributed by atoms with Crippen LogP contribution in [0.5, 0.6) is 11.5 Å². The number of aromatic nitrogens is 4. The molecule has 1 aromatic heterocycles. The zero-order chi connectivity index (χ0) is 16.8. The summed E-state index contributed by atoms with van der Waals surface area (Å²) < 4.78 is 12.1. The second-order valence-electron chi connectivity index (χ2n) is 4.80. The Morgan fingerprint density at radius 3 is 2.74 bits per heavy atom. The van der Waals surface area contributed by atoms with Crippen LogP contribution in [0.4, 0.5) is 0 Å². The summed E-state index contributed by atoms with van der Waals surface area (Å²) in [4.78, 5) is 10.8. The maximum Gasteiger partial charge on any atom is 0.307 e. The third-order valence-electron chi connectivity index (χ3n) is 3.17. The van der Waals surface area contributed by atoms with Crippen LogP contribution in [0.3, 0.4) is 0 Å². The van der Waals surface area contributed by atoms with E-state index in [2.05, 4.69) is 15.5 Å². The molecule has 0 amide bonds. The molecule has 1 atom stereocenters. The lowest BCUT2D eigenvalue weighted by atomic mass is 10.2. The van der Waals surface area contributed by atoms with Crippen molar-refractivity contribution in [1.82, 2.24) is 20.2 Å². The van der Waals surface area contributed by atoms with E-state index >= 15 is 0 Å². The second-order valence-corrected chi connectivity index (χ2v) is 5.83. The van der Waals surface area contributed by atoms with Crippen LogP contribution in [-0.2, 0) is 10.5 Å². The zero-order valence-electron chi connectivity index (χ0n) is 13.1. The van der Waals surface area contributed by atoms with Gasteiger partial charge in [0.25, 0.3) is 0 Å². The largest absolute Gasteiger partial charge is 0.493 e. The Labute approximate surface area is 137 Å². The second kappa shape index (κ2) is 7.82. The molecule has 1 heterocycles. The van der Waals surface area contributed by atoms with E-state index in [1.807, 2.05) is 6.07 Å². The van der Waals surface area contributed by atoms with Crippen molar-refractivity contribution >= 4 is 17.7 Å². The number of hydrogen-bond acceptors (Lipinski definition) is 7. The van der Waals surface area contributed by atoms with Crippen molar-refractivity contribution in [1.29, 1.82) is 0 Å². The molecule has 23 heavy (non-hydrogen) atoms. The average molecular weight is 338 g/mol. The van der Waals surface area contributed by atoms with Gasteiger partial charge in [0, 0.05) is 11.8 Å². The molecule has 0 spiro atoms. The van der Waals surface area contributed by atoms with Gasteiger partial charge in [0.2, 0.25) is 0 Å². The summed E-state index contributed by atoms with van der Waals surface area (Å²) in [7, 11) is 3.13. The number of carboxylic acids is 1. The molecule has 0 saturated heterocycles. The molecule has 0 aliphatic carbocycles. The Balaban J connectivity index is 2.13. The third-order valence-corrected chi connectivity index (χ3v) is 4.36. The van der Waals surface area contributed by atoms with Gasteiger partial charge in [-0.25, -0.2) is 0 Å². The van der Waals surface area contributed by atoms with E-state index in [1.165, 1.54) is 11.8 Å². The van der Waals surface area contributed by atoms with Gasteiger partial charge in [-0.15, -0.1) is 5.10 Å². The van der Waals surface area contributed by atoms with Gasteiger partial charge >= 0.3 is 5.97 Å². The topological polar surface area (TPSA) is 99.4 Å². The molecule has 0 bridgehead atoms. The van der Waals surface area contributed by atoms with Gasteiger partial charge < -0.3 is 14.6 Å². The number of rotatable bonds is 8. The fourth-order valence-electron chi connectivity index (χ4n) is 1.85. The number of ether oxygens (including phenoxy) is 2. The Bertz CT molecular complexity index is 677. The minimum Gasteiger partial charge on any atom is -0.493 e. The summed E-state index contributed by atoms with van der Waals surface area (Å²) in [5.74, 6) is 1.63. The minimum absolute atomic E-state index is 0.412. The molecule has 9 heteroatoms. The smallest absolute Gasteiger partial charge is 0.307 e. The van der Waals surface area contributed by atoms with Crippen molar-refractivity contribution in [2.45, 2.75) is 12.7 Å². The van der Waals surface area contributed by atoms with Crippen molar-refractivity contribution < 1.29 is 19.4 Å². The first-order valence-electron chi connectivity index (χ1n) is 6.87. The van der Waals surface area contributed by atoms with Crippen LogP contribution in [0, 0.1) is 5.92 Å². The zero-order valence-corrected chi connectivity index (χ0v) is 13.9. The highest BCUT2D eigenvalue weighted by Crippen LogP contribution is 2.29. The SMILES string of the molecule is COc1ccc(-n2nnnc2CSCC(C)C(=O)O)cc1OC. The Morgan fingerprint density at radius 1 is 1.35 bits per heavy atom. The maximum absolute atomic E-state index is 10.8. The molecule has 124 valence electrons. The van der Waals surface area contributed by atoms with Crippen LogP contribution in [0.25, 0.3) is 5.69 Å². The molecule has 0 aliphatic rings. The van der Waals surface area contributed by atoms with E-state index in [9.17, 15) is 4.79 Å². The van der Waals surface area contributed by atoms with E-state index in [1.54, 1.807) is 38.0 Å². The normalized spacial score (nSPS) is 12.0. The van der Waals surface area contributed by atoms with E-state index in [0.717, 1.165) is 5.69 Å². The third kappa shape index (κ3) is 4.13. The molecule has 1 aromatic carbocycles. The number of carbonyl (C=O) groups is 1. The average Bonchev–Trinajstić information content (AvgIpc) is 3.02. The summed E-state index contributed by atoms with van der Waals surface area (Å²) in [6, 6.07) is 5.38. The first-order chi connectivity index (χ1) is 11.1. The van der Waals surface area contributed by atoms with Crippen LogP contribution in [0.15, 0.2) is 18.2 Å². The van der Waals surface area contributed by atoms with Gasteiger partial charge in [-0.05, 0) is 22.6 Å². The number of nitrogens with zero attached hydrogens (tertiary/aromatic N) is 4. The quantitative estimate of drug-likeness (QED) is 0.775. The van der Waals surface area contributed by atoms with E-state index in [-0.39, 0.29) is 0 Å². The minimum atomic E-state index is -0.808. The van der Waals surface area contributed by atoms with Gasteiger partial charge in [0.1, 0.15) is 0 Å². The molecule has 0 saturated carbocycles. The molecule has 1 unspecified atom stereocenters. The maximum atomic E-state index is 10.8. The predicted octanol–water partition coefficient (Wildman–Crippen LogP) is 1.63. The molecule has 2 aromatic rings. The van der Waals surface area contributed by atoms with Crippen molar-refractivity contribution in [2.24, 2.45) is 5.92 Å². The van der Waals surface area contributed by atoms with Crippen LogP contribution >= 0.6 is 11.8 Å². The van der Waals surface area contributed by atoms with Crippen LogP contribution in [0.2, 0.25) is 0 Å². The lowest BCUT2D eigenvalue weighted by Gasteiger charge is -2.10. The van der Waals surface area contributed by atoms with Crippen LogP contribution < -0.4 is 9.47 Å². The number of benzene rings is 1. The summed E-state index contributed by atoms with van der Waals surface area (Å²) in [6.45, 7) is 1.67. The highest BCUT2D eigenvalue weighted by Gasteiger charge is 2.14. The van der Waals surface area contributed by atoms with Gasteiger partial charge in [-0.3, -0.25) is 4.79 Å². The number of thioether (sulfide) groups is 1. The molecule has 1 N–H and O–H groups in total. The van der Waals surface area contributed by atoms with E-state index in [0.29, 0.717) is 28.8 Å². The molecular weight excluding hydrogens is 320 g/mol. The van der Waals surface area contributed by atoms with Crippen molar-refractivity contribution in [2.75, 3.05) is 20.0 Å². The lowest BCUT2D eigenvalue weighted by molar-refractivity contribution is -0.140. The Kier molecular flexibility index (Phi) is 5.80. The highest BCUT2D eigenvalue weighted by molar-refractivity contribution is 7.98. The molecule has 8 nitrogen and oxygen atoms in total. The van der Waals surface area contributed by atoms with E-state index in [4.69, 9.17) is 14.6 Å². The van der Waals surface area contributed by atoms with Crippen molar-refractivity contribution in [3.05, 3.63) is 24.0 Å². The number of methoxy groups -OCH3 is 2. The Morgan fingerprint density at radius 2 is 2.09 bits per heavy atom. The fraction of sp³-hybridized carbons (Fsp3) is 0.429. The number of hydrogen-bond donors (Lipinski definition) is 1. The number of aliphatic carboxylic acids is 1. The first kappa shape index (κ1) is 17.1. The van der Waals surface area contributed by atoms with E-state index < -0.39 is 11.9 Å². The molecular formula is C14H18N4O4S. The monoisotopic (exact) mass is 338 g/mol. The molecule has 0 fully saturated rings. The highest BCUT2D eigenvalue weighted by atomic mass is 32.2. The van der Waals surface area contributed by atoms with Gasteiger partial charge in [0.05, 0.1) is 31.6 Å². The van der Waals surface area contributed by atoms with Gasteiger partial charge in [-0.2, -0.15) is 16.4 Å². The first-order valence-corrected chi connectivity index (χ1v) is 8.02. The Hall–Kier alpha value is -2.29. The summed E-state index contributed by atoms with van der Waals surface area (Å²) in [5, 5.41) is 20.6. The summed E-state index contributed by atoms with van der Waals surface area (Å²) >= 11 is 1.47. The number of carboxylic acid groups (broad SMARTS) is 1. The molecule has 2 rings (SSSR count). The van der Waals surface area contributed by atoms with Gasteiger partial charge in [0.15, 0.2) is 17.3 Å². The standard InChI is InChI=1S/C14H18N4O4S/c1-9(14(19)20)7-23-8-13-15-16-17-18(13)10-4-5-11(21-2)12(6-10)22-3/h4-6,9H,7-8H2,1-3H3,(H,19,20). The lowest BCUT2D eigenvalue weighted by Crippen LogP contribution is -2.12. The van der Waals surface area contributed by atoms with Crippen molar-refractivity contribution in [3.8, 4) is 17.2 Å². The molecule has 0 radical (unpaired) electrons. The summed E-state index contributed by atoms with van der Waals surface area (Å²) in [5.41, 5.74) is 0.745. The van der Waals surface area contributed by atoms with Crippen molar-refractivity contribution in [3.63, 3.8) is 0 Å². The fourth-order valence-corrected chi connectivity index (χ4v) is 2.83. The number of tetrazole rings is 1. The molecule has 0 aliphatic heterocycles. The van der Waals surface area contributed by atoms with Crippen LogP contribution in [0.1, 0.15) is 12.7 Å². The summed E-state index contributed by atoms with van der Waals surface area (Å²) in [6.07, 6.45) is 0. The van der Waals surface area contributed by atoms with Gasteiger partial charge in [-0.1, -0.05) is 6.92 Å².